The van der Waals surface area contributed by atoms with Crippen molar-refractivity contribution < 1.29 is 14.6 Å². The molecule has 0 aromatic carbocycles. The molecule has 1 fully saturated rings. The van der Waals surface area contributed by atoms with Crippen LogP contribution >= 0.6 is 0 Å². The molecule has 1 aromatic rings. The summed E-state index contributed by atoms with van der Waals surface area (Å²) in [7, 11) is 0. The molecule has 1 saturated heterocycles. The lowest BCUT2D eigenvalue weighted by atomic mass is 9.94. The third-order valence-electron chi connectivity index (χ3n) is 3.29. The van der Waals surface area contributed by atoms with E-state index in [0.29, 0.717) is 12.6 Å². The minimum atomic E-state index is -0.992. The summed E-state index contributed by atoms with van der Waals surface area (Å²) in [4.78, 5) is 14.9. The Morgan fingerprint density at radius 1 is 1.58 bits per heavy atom. The van der Waals surface area contributed by atoms with Crippen molar-refractivity contribution in [3.05, 3.63) is 29.6 Å². The number of rotatable bonds is 4. The second-order valence-electron chi connectivity index (χ2n) is 5.50. The van der Waals surface area contributed by atoms with Crippen LogP contribution in [0.2, 0.25) is 0 Å². The van der Waals surface area contributed by atoms with Crippen molar-refractivity contribution in [1.82, 2.24) is 10.3 Å². The summed E-state index contributed by atoms with van der Waals surface area (Å²) in [6.45, 7) is 5.52. The predicted octanol–water partition coefficient (Wildman–Crippen LogP) is 1.83. The highest BCUT2D eigenvalue weighted by atomic mass is 16.5. The van der Waals surface area contributed by atoms with Crippen LogP contribution in [0.4, 0.5) is 0 Å². The standard InChI is InChI=1S/C14H20N2O3/c1-14(2)8-10(6-7-19-14)15-9-11-4-3-5-12(16-11)13(17)18/h3-5,10,15H,6-9H2,1-2H3,(H,17,18). The molecule has 0 bridgehead atoms. The average molecular weight is 264 g/mol. The lowest BCUT2D eigenvalue weighted by molar-refractivity contribution is -0.0631. The number of aromatic carboxylic acids is 1. The van der Waals surface area contributed by atoms with Gasteiger partial charge in [-0.05, 0) is 38.8 Å². The normalized spacial score (nSPS) is 22.1. The second kappa shape index (κ2) is 5.67. The first kappa shape index (κ1) is 14.0. The van der Waals surface area contributed by atoms with E-state index in [1.54, 1.807) is 6.07 Å². The molecule has 2 heterocycles. The first-order valence-corrected chi connectivity index (χ1v) is 6.53. The Labute approximate surface area is 113 Å². The molecule has 5 nitrogen and oxygen atoms in total. The second-order valence-corrected chi connectivity index (χ2v) is 5.50. The predicted molar refractivity (Wildman–Crippen MR) is 71.1 cm³/mol. The molecule has 2 N–H and O–H groups in total. The summed E-state index contributed by atoms with van der Waals surface area (Å²) >= 11 is 0. The third kappa shape index (κ3) is 4.01. The van der Waals surface area contributed by atoms with Crippen molar-refractivity contribution in [3.63, 3.8) is 0 Å². The molecule has 1 unspecified atom stereocenters. The fourth-order valence-electron chi connectivity index (χ4n) is 2.35. The number of carboxylic acids is 1. The van der Waals surface area contributed by atoms with Gasteiger partial charge in [-0.1, -0.05) is 6.07 Å². The largest absolute Gasteiger partial charge is 0.477 e. The zero-order chi connectivity index (χ0) is 13.9. The van der Waals surface area contributed by atoms with Gasteiger partial charge in [0.15, 0.2) is 0 Å². The number of ether oxygens (including phenoxy) is 1. The van der Waals surface area contributed by atoms with Gasteiger partial charge in [-0.3, -0.25) is 0 Å². The molecule has 0 spiro atoms. The van der Waals surface area contributed by atoms with Crippen molar-refractivity contribution in [2.75, 3.05) is 6.61 Å². The van der Waals surface area contributed by atoms with Gasteiger partial charge in [-0.25, -0.2) is 9.78 Å². The molecular formula is C14H20N2O3. The fraction of sp³-hybridized carbons (Fsp3) is 0.571. The fourth-order valence-corrected chi connectivity index (χ4v) is 2.35. The number of aromatic nitrogens is 1. The minimum Gasteiger partial charge on any atom is -0.477 e. The van der Waals surface area contributed by atoms with Crippen LogP contribution in [0.5, 0.6) is 0 Å². The van der Waals surface area contributed by atoms with Gasteiger partial charge in [-0.15, -0.1) is 0 Å². The number of nitrogens with one attached hydrogen (secondary N) is 1. The maximum atomic E-state index is 10.8. The molecule has 0 aliphatic carbocycles. The van der Waals surface area contributed by atoms with Crippen LogP contribution in [-0.4, -0.2) is 34.3 Å². The van der Waals surface area contributed by atoms with Gasteiger partial charge in [0.05, 0.1) is 11.3 Å². The summed E-state index contributed by atoms with van der Waals surface area (Å²) in [6.07, 6.45) is 1.92. The summed E-state index contributed by atoms with van der Waals surface area (Å²) in [5.74, 6) is -0.992. The Morgan fingerprint density at radius 3 is 3.05 bits per heavy atom. The zero-order valence-electron chi connectivity index (χ0n) is 11.3. The molecule has 0 radical (unpaired) electrons. The SMILES string of the molecule is CC1(C)CC(NCc2cccc(C(=O)O)n2)CCO1. The van der Waals surface area contributed by atoms with E-state index in [1.165, 1.54) is 6.07 Å². The maximum Gasteiger partial charge on any atom is 0.354 e. The van der Waals surface area contributed by atoms with Crippen molar-refractivity contribution in [2.45, 2.75) is 44.9 Å². The molecule has 1 aromatic heterocycles. The Hall–Kier alpha value is -1.46. The smallest absolute Gasteiger partial charge is 0.354 e. The van der Waals surface area contributed by atoms with Gasteiger partial charge >= 0.3 is 5.97 Å². The molecule has 5 heteroatoms. The van der Waals surface area contributed by atoms with Crippen molar-refractivity contribution >= 4 is 5.97 Å². The van der Waals surface area contributed by atoms with E-state index in [-0.39, 0.29) is 11.3 Å². The number of carboxylic acid groups (broad SMARTS) is 1. The number of hydrogen-bond donors (Lipinski definition) is 2. The van der Waals surface area contributed by atoms with E-state index in [1.807, 2.05) is 6.07 Å². The Kier molecular flexibility index (Phi) is 4.17. The summed E-state index contributed by atoms with van der Waals surface area (Å²) in [5.41, 5.74) is 0.752. The Bertz CT molecular complexity index is 460. The third-order valence-corrected chi connectivity index (χ3v) is 3.29. The van der Waals surface area contributed by atoms with E-state index < -0.39 is 5.97 Å². The highest BCUT2D eigenvalue weighted by Gasteiger charge is 2.28. The maximum absolute atomic E-state index is 10.8. The van der Waals surface area contributed by atoms with Crippen LogP contribution in [-0.2, 0) is 11.3 Å². The molecule has 19 heavy (non-hydrogen) atoms. The molecule has 1 aliphatic rings. The van der Waals surface area contributed by atoms with Crippen molar-refractivity contribution in [2.24, 2.45) is 0 Å². The van der Waals surface area contributed by atoms with E-state index in [4.69, 9.17) is 9.84 Å². The summed E-state index contributed by atoms with van der Waals surface area (Å²) < 4.78 is 5.66. The van der Waals surface area contributed by atoms with Crippen LogP contribution in [0.3, 0.4) is 0 Å². The summed E-state index contributed by atoms with van der Waals surface area (Å²) in [5, 5.41) is 12.3. The first-order chi connectivity index (χ1) is 8.96. The van der Waals surface area contributed by atoms with Crippen LogP contribution in [0.25, 0.3) is 0 Å². The average Bonchev–Trinajstić information content (AvgIpc) is 2.35. The van der Waals surface area contributed by atoms with E-state index >= 15 is 0 Å². The topological polar surface area (TPSA) is 71.5 Å². The minimum absolute atomic E-state index is 0.0895. The Morgan fingerprint density at radius 2 is 2.37 bits per heavy atom. The molecule has 0 saturated carbocycles. The van der Waals surface area contributed by atoms with Gasteiger partial charge in [0.1, 0.15) is 5.69 Å². The number of carbonyl (C=O) groups is 1. The van der Waals surface area contributed by atoms with Crippen molar-refractivity contribution in [3.8, 4) is 0 Å². The molecule has 0 amide bonds. The highest BCUT2D eigenvalue weighted by Crippen LogP contribution is 2.23. The summed E-state index contributed by atoms with van der Waals surface area (Å²) in [6, 6.07) is 5.45. The Balaban J connectivity index is 1.91. The van der Waals surface area contributed by atoms with Gasteiger partial charge in [-0.2, -0.15) is 0 Å². The van der Waals surface area contributed by atoms with Crippen LogP contribution in [0.1, 0.15) is 42.9 Å². The van der Waals surface area contributed by atoms with Crippen LogP contribution in [0, 0.1) is 0 Å². The van der Waals surface area contributed by atoms with E-state index in [9.17, 15) is 4.79 Å². The van der Waals surface area contributed by atoms with Gasteiger partial charge < -0.3 is 15.2 Å². The van der Waals surface area contributed by atoms with E-state index in [0.717, 1.165) is 25.1 Å². The van der Waals surface area contributed by atoms with Crippen LogP contribution < -0.4 is 5.32 Å². The molecule has 1 aliphatic heterocycles. The monoisotopic (exact) mass is 264 g/mol. The van der Waals surface area contributed by atoms with E-state index in [2.05, 4.69) is 24.1 Å². The molecule has 104 valence electrons. The lowest BCUT2D eigenvalue weighted by Crippen LogP contribution is -2.43. The van der Waals surface area contributed by atoms with Gasteiger partial charge in [0.25, 0.3) is 0 Å². The molecule has 1 atom stereocenters. The highest BCUT2D eigenvalue weighted by molar-refractivity contribution is 5.85. The van der Waals surface area contributed by atoms with Gasteiger partial charge in [0, 0.05) is 19.2 Å². The van der Waals surface area contributed by atoms with Crippen molar-refractivity contribution in [1.29, 1.82) is 0 Å². The zero-order valence-corrected chi connectivity index (χ0v) is 11.3. The lowest BCUT2D eigenvalue weighted by Gasteiger charge is -2.35. The number of hydrogen-bond acceptors (Lipinski definition) is 4. The quantitative estimate of drug-likeness (QED) is 0.868. The first-order valence-electron chi connectivity index (χ1n) is 6.53. The number of nitrogens with zero attached hydrogens (tertiary/aromatic N) is 1. The molecular weight excluding hydrogens is 244 g/mol. The van der Waals surface area contributed by atoms with Crippen LogP contribution in [0.15, 0.2) is 18.2 Å². The van der Waals surface area contributed by atoms with Gasteiger partial charge in [0.2, 0.25) is 0 Å². The number of pyridine rings is 1. The molecule has 2 rings (SSSR count).